The van der Waals surface area contributed by atoms with Gasteiger partial charge in [-0.2, -0.15) is 0 Å². The van der Waals surface area contributed by atoms with E-state index < -0.39 is 18.6 Å². The van der Waals surface area contributed by atoms with Crippen LogP contribution >= 0.6 is 0 Å². The van der Waals surface area contributed by atoms with Crippen LogP contribution in [0.15, 0.2) is 0 Å². The van der Waals surface area contributed by atoms with Crippen LogP contribution in [0, 0.1) is 0 Å². The lowest BCUT2D eigenvalue weighted by Gasteiger charge is -2.28. The molecule has 146 valence electrons. The van der Waals surface area contributed by atoms with E-state index in [1.54, 1.807) is 0 Å². The Morgan fingerprint density at radius 3 is 1.62 bits per heavy atom. The van der Waals surface area contributed by atoms with Gasteiger partial charge in [0.05, 0.1) is 11.5 Å². The second-order valence-corrected chi connectivity index (χ2v) is 11.0. The number of hydrogen-bond donors (Lipinski definition) is 0. The Kier molecular flexibility index (Phi) is 14.3. The van der Waals surface area contributed by atoms with E-state index in [0.717, 1.165) is 19.3 Å². The maximum atomic E-state index is 12.2. The molecule has 5 nitrogen and oxygen atoms in total. The van der Waals surface area contributed by atoms with Crippen LogP contribution in [0.4, 0.5) is 0 Å². The highest BCUT2D eigenvalue weighted by Gasteiger charge is 2.40. The van der Waals surface area contributed by atoms with Crippen LogP contribution in [-0.4, -0.2) is 48.5 Å². The lowest BCUT2D eigenvalue weighted by molar-refractivity contribution is 0.0712. The van der Waals surface area contributed by atoms with Gasteiger partial charge >= 0.3 is 8.80 Å². The molecule has 0 rings (SSSR count). The van der Waals surface area contributed by atoms with Crippen molar-refractivity contribution in [1.29, 1.82) is 0 Å². The van der Waals surface area contributed by atoms with Crippen molar-refractivity contribution < 1.29 is 21.7 Å². The van der Waals surface area contributed by atoms with Crippen LogP contribution in [-0.2, 0) is 23.1 Å². The summed E-state index contributed by atoms with van der Waals surface area (Å²) in [5, 5.41) is 0. The first-order valence-corrected chi connectivity index (χ1v) is 13.3. The molecule has 0 aliphatic heterocycles. The predicted octanol–water partition coefficient (Wildman–Crippen LogP) is 4.20. The highest BCUT2D eigenvalue weighted by Crippen LogP contribution is 2.19. The number of hydrogen-bond acceptors (Lipinski definition) is 5. The first-order chi connectivity index (χ1) is 11.4. The summed E-state index contributed by atoms with van der Waals surface area (Å²) in [5.74, 6) is 0.496. The minimum Gasteiger partial charge on any atom is -0.374 e. The number of rotatable bonds is 17. The fourth-order valence-corrected chi connectivity index (χ4v) is 7.01. The van der Waals surface area contributed by atoms with Crippen molar-refractivity contribution in [2.45, 2.75) is 78.7 Å². The van der Waals surface area contributed by atoms with Crippen LogP contribution in [0.2, 0.25) is 6.04 Å². The molecule has 24 heavy (non-hydrogen) atoms. The topological polar surface area (TPSA) is 61.8 Å². The van der Waals surface area contributed by atoms with Crippen molar-refractivity contribution in [3.8, 4) is 0 Å². The lowest BCUT2D eigenvalue weighted by Crippen LogP contribution is -2.46. The second-order valence-electron chi connectivity index (χ2n) is 6.01. The summed E-state index contributed by atoms with van der Waals surface area (Å²) < 4.78 is 41.6. The first kappa shape index (κ1) is 24.0. The second kappa shape index (κ2) is 14.2. The zero-order chi connectivity index (χ0) is 18.3. The summed E-state index contributed by atoms with van der Waals surface area (Å²) in [6, 6.07) is 0.568. The average molecular weight is 383 g/mol. The van der Waals surface area contributed by atoms with Crippen molar-refractivity contribution in [2.75, 3.05) is 31.3 Å². The van der Waals surface area contributed by atoms with Crippen LogP contribution in [0.1, 0.15) is 72.6 Å². The lowest BCUT2D eigenvalue weighted by atomic mass is 10.1. The third-order valence-corrected chi connectivity index (χ3v) is 8.81. The molecule has 0 aromatic heterocycles. The summed E-state index contributed by atoms with van der Waals surface area (Å²) in [6.45, 7) is 9.49. The van der Waals surface area contributed by atoms with Gasteiger partial charge in [0.2, 0.25) is 0 Å². The van der Waals surface area contributed by atoms with E-state index >= 15 is 0 Å². The Morgan fingerprint density at radius 2 is 1.12 bits per heavy atom. The molecule has 0 saturated heterocycles. The predicted molar refractivity (Wildman–Crippen MR) is 102 cm³/mol. The smallest absolute Gasteiger partial charge is 0.374 e. The average Bonchev–Trinajstić information content (AvgIpc) is 2.51. The molecule has 0 atom stereocenters. The molecule has 0 amide bonds. The van der Waals surface area contributed by atoms with Gasteiger partial charge in [0.15, 0.2) is 0 Å². The van der Waals surface area contributed by atoms with Crippen molar-refractivity contribution in [3.05, 3.63) is 0 Å². The van der Waals surface area contributed by atoms with Crippen LogP contribution in [0.25, 0.3) is 0 Å². The molecule has 0 aliphatic carbocycles. The van der Waals surface area contributed by atoms with E-state index in [1.807, 2.05) is 20.8 Å². The van der Waals surface area contributed by atoms with Crippen LogP contribution in [0.5, 0.6) is 0 Å². The van der Waals surface area contributed by atoms with Crippen molar-refractivity contribution in [1.82, 2.24) is 0 Å². The van der Waals surface area contributed by atoms with E-state index in [9.17, 15) is 8.42 Å². The maximum absolute atomic E-state index is 12.2. The minimum atomic E-state index is -2.99. The van der Waals surface area contributed by atoms with Gasteiger partial charge in [-0.3, -0.25) is 0 Å². The molecule has 0 heterocycles. The molecule has 0 N–H and O–H groups in total. The SMILES string of the molecule is CCCCCCCCS(=O)(=O)CCC[Si](OCC)(OCC)OCC. The Morgan fingerprint density at radius 1 is 0.667 bits per heavy atom. The third kappa shape index (κ3) is 11.6. The summed E-state index contributed by atoms with van der Waals surface area (Å²) in [6.07, 6.45) is 7.13. The molecule has 0 aromatic rings. The van der Waals surface area contributed by atoms with E-state index in [1.165, 1.54) is 19.3 Å². The summed E-state index contributed by atoms with van der Waals surface area (Å²) in [4.78, 5) is 0. The molecular formula is C17H38O5SSi. The summed E-state index contributed by atoms with van der Waals surface area (Å²) in [7, 11) is -5.70. The molecule has 0 bridgehead atoms. The Hall–Kier alpha value is 0.0469. The summed E-state index contributed by atoms with van der Waals surface area (Å²) >= 11 is 0. The van der Waals surface area contributed by atoms with Gasteiger partial charge in [-0.15, -0.1) is 0 Å². The van der Waals surface area contributed by atoms with Crippen molar-refractivity contribution >= 4 is 18.6 Å². The standard InChI is InChI=1S/C17H38O5SSi/c1-5-9-10-11-12-13-15-23(18,19)16-14-17-24(20-6-2,21-7-3)22-8-4/h5-17H2,1-4H3. The zero-order valence-electron chi connectivity index (χ0n) is 16.1. The quantitative estimate of drug-likeness (QED) is 0.279. The van der Waals surface area contributed by atoms with E-state index in [-0.39, 0.29) is 5.75 Å². The van der Waals surface area contributed by atoms with Gasteiger partial charge in [0.25, 0.3) is 0 Å². The first-order valence-electron chi connectivity index (χ1n) is 9.57. The van der Waals surface area contributed by atoms with E-state index in [4.69, 9.17) is 13.3 Å². The van der Waals surface area contributed by atoms with Crippen molar-refractivity contribution in [2.24, 2.45) is 0 Å². The molecule has 0 spiro atoms. The van der Waals surface area contributed by atoms with Crippen LogP contribution in [0.3, 0.4) is 0 Å². The minimum absolute atomic E-state index is 0.198. The normalized spacial score (nSPS) is 12.7. The van der Waals surface area contributed by atoms with Crippen molar-refractivity contribution in [3.63, 3.8) is 0 Å². The van der Waals surface area contributed by atoms with Crippen LogP contribution < -0.4 is 0 Å². The molecule has 0 radical (unpaired) electrons. The fraction of sp³-hybridized carbons (Fsp3) is 1.00. The summed E-state index contributed by atoms with van der Waals surface area (Å²) in [5.41, 5.74) is 0. The molecule has 0 aromatic carbocycles. The molecule has 0 fully saturated rings. The Balaban J connectivity index is 4.21. The van der Waals surface area contributed by atoms with Gasteiger partial charge < -0.3 is 13.3 Å². The highest BCUT2D eigenvalue weighted by atomic mass is 32.2. The Bertz CT molecular complexity index is 369. The monoisotopic (exact) mass is 382 g/mol. The van der Waals surface area contributed by atoms with Gasteiger partial charge in [-0.1, -0.05) is 39.0 Å². The largest absolute Gasteiger partial charge is 0.500 e. The fourth-order valence-electron chi connectivity index (χ4n) is 2.71. The zero-order valence-corrected chi connectivity index (χ0v) is 18.0. The Labute approximate surface area is 150 Å². The third-order valence-electron chi connectivity index (χ3n) is 3.84. The van der Waals surface area contributed by atoms with Gasteiger partial charge in [-0.25, -0.2) is 8.42 Å². The maximum Gasteiger partial charge on any atom is 0.500 e. The van der Waals surface area contributed by atoms with Gasteiger partial charge in [0.1, 0.15) is 9.84 Å². The molecule has 7 heteroatoms. The van der Waals surface area contributed by atoms with E-state index in [0.29, 0.717) is 38.0 Å². The number of unbranched alkanes of at least 4 members (excludes halogenated alkanes) is 5. The van der Waals surface area contributed by atoms with Gasteiger partial charge in [-0.05, 0) is 33.6 Å². The number of sulfone groups is 1. The molecule has 0 saturated carbocycles. The molecule has 0 unspecified atom stereocenters. The van der Waals surface area contributed by atoms with Gasteiger partial charge in [0, 0.05) is 25.9 Å². The highest BCUT2D eigenvalue weighted by molar-refractivity contribution is 7.91. The molecular weight excluding hydrogens is 344 g/mol. The molecule has 0 aliphatic rings. The van der Waals surface area contributed by atoms with E-state index in [2.05, 4.69) is 6.92 Å².